The first-order valence-electron chi connectivity index (χ1n) is 9.39. The van der Waals surface area contributed by atoms with E-state index in [2.05, 4.69) is 25.7 Å². The van der Waals surface area contributed by atoms with Crippen LogP contribution in [0.3, 0.4) is 0 Å². The van der Waals surface area contributed by atoms with E-state index >= 15 is 0 Å². The number of halogens is 1. The standard InChI is InChI=1S/C19H27FN6O2/c1-13(28-16-7-5-4-6-15(16)20)10-22-19(21-2)23-14-8-9-18-24-17(12-27-3)25-26(18)11-14/h4-7,13-14H,8-12H2,1-3H3,(H2,21,22,23). The lowest BCUT2D eigenvalue weighted by atomic mass is 10.1. The molecule has 2 atom stereocenters. The van der Waals surface area contributed by atoms with Gasteiger partial charge in [-0.15, -0.1) is 0 Å². The molecular weight excluding hydrogens is 363 g/mol. The molecule has 8 nitrogen and oxygen atoms in total. The van der Waals surface area contributed by atoms with E-state index in [1.54, 1.807) is 32.4 Å². The van der Waals surface area contributed by atoms with Crippen molar-refractivity contribution >= 4 is 5.96 Å². The van der Waals surface area contributed by atoms with E-state index in [1.165, 1.54) is 6.07 Å². The molecule has 2 N–H and O–H groups in total. The number of para-hydroxylation sites is 1. The molecule has 1 aromatic carbocycles. The lowest BCUT2D eigenvalue weighted by Crippen LogP contribution is -2.48. The number of rotatable bonds is 7. The maximum atomic E-state index is 13.7. The van der Waals surface area contributed by atoms with Gasteiger partial charge in [-0.3, -0.25) is 4.99 Å². The summed E-state index contributed by atoms with van der Waals surface area (Å²) in [5.41, 5.74) is 0. The summed E-state index contributed by atoms with van der Waals surface area (Å²) in [6, 6.07) is 6.58. The van der Waals surface area contributed by atoms with Gasteiger partial charge >= 0.3 is 0 Å². The molecule has 0 saturated heterocycles. The molecule has 1 aromatic heterocycles. The van der Waals surface area contributed by atoms with Gasteiger partial charge in [-0.1, -0.05) is 12.1 Å². The number of hydrogen-bond donors (Lipinski definition) is 2. The van der Waals surface area contributed by atoms with Gasteiger partial charge in [-0.2, -0.15) is 5.10 Å². The van der Waals surface area contributed by atoms with Crippen molar-refractivity contribution in [3.05, 3.63) is 41.7 Å². The van der Waals surface area contributed by atoms with E-state index < -0.39 is 0 Å². The Morgan fingerprint density at radius 3 is 3.00 bits per heavy atom. The number of nitrogens with zero attached hydrogens (tertiary/aromatic N) is 4. The third-order valence-electron chi connectivity index (χ3n) is 4.46. The number of nitrogens with one attached hydrogen (secondary N) is 2. The van der Waals surface area contributed by atoms with Crippen molar-refractivity contribution in [2.24, 2.45) is 4.99 Å². The smallest absolute Gasteiger partial charge is 0.191 e. The number of aromatic nitrogens is 3. The van der Waals surface area contributed by atoms with Crippen LogP contribution in [0.1, 0.15) is 25.0 Å². The summed E-state index contributed by atoms with van der Waals surface area (Å²) in [5.74, 6) is 2.25. The Labute approximate surface area is 164 Å². The molecule has 9 heteroatoms. The van der Waals surface area contributed by atoms with Crippen molar-refractivity contribution in [3.8, 4) is 5.75 Å². The van der Waals surface area contributed by atoms with Crippen molar-refractivity contribution < 1.29 is 13.9 Å². The second kappa shape index (κ2) is 9.50. The Kier molecular flexibility index (Phi) is 6.80. The Balaban J connectivity index is 1.48. The number of methoxy groups -OCH3 is 1. The second-order valence-corrected chi connectivity index (χ2v) is 6.75. The molecule has 1 aliphatic rings. The number of guanidine groups is 1. The number of hydrogen-bond acceptors (Lipinski definition) is 5. The lowest BCUT2D eigenvalue weighted by Gasteiger charge is -2.26. The van der Waals surface area contributed by atoms with Gasteiger partial charge in [0.05, 0.1) is 13.1 Å². The highest BCUT2D eigenvalue weighted by Gasteiger charge is 2.22. The van der Waals surface area contributed by atoms with Gasteiger partial charge in [0, 0.05) is 26.6 Å². The molecule has 1 aliphatic heterocycles. The molecule has 0 fully saturated rings. The monoisotopic (exact) mass is 390 g/mol. The Morgan fingerprint density at radius 2 is 2.25 bits per heavy atom. The fourth-order valence-corrected chi connectivity index (χ4v) is 3.10. The van der Waals surface area contributed by atoms with E-state index in [4.69, 9.17) is 9.47 Å². The minimum atomic E-state index is -0.365. The fourth-order valence-electron chi connectivity index (χ4n) is 3.10. The van der Waals surface area contributed by atoms with Crippen molar-refractivity contribution in [2.45, 2.75) is 45.1 Å². The maximum absolute atomic E-state index is 13.7. The summed E-state index contributed by atoms with van der Waals surface area (Å²) in [6.45, 7) is 3.51. The highest BCUT2D eigenvalue weighted by atomic mass is 19.1. The number of aryl methyl sites for hydroxylation is 1. The van der Waals surface area contributed by atoms with Crippen LogP contribution in [0.4, 0.5) is 4.39 Å². The van der Waals surface area contributed by atoms with E-state index in [0.717, 1.165) is 18.7 Å². The van der Waals surface area contributed by atoms with Gasteiger partial charge in [-0.05, 0) is 25.5 Å². The van der Waals surface area contributed by atoms with E-state index in [0.29, 0.717) is 31.5 Å². The van der Waals surface area contributed by atoms with Gasteiger partial charge in [0.15, 0.2) is 23.4 Å². The molecule has 2 heterocycles. The first kappa shape index (κ1) is 20.1. The molecule has 3 rings (SSSR count). The number of fused-ring (bicyclic) bond motifs is 1. The highest BCUT2D eigenvalue weighted by Crippen LogP contribution is 2.17. The zero-order valence-corrected chi connectivity index (χ0v) is 16.5. The van der Waals surface area contributed by atoms with Crippen LogP contribution in [0, 0.1) is 5.82 Å². The van der Waals surface area contributed by atoms with E-state index in [9.17, 15) is 4.39 Å². The predicted octanol–water partition coefficient (Wildman–Crippen LogP) is 1.51. The van der Waals surface area contributed by atoms with Crippen molar-refractivity contribution in [2.75, 3.05) is 20.7 Å². The van der Waals surface area contributed by atoms with Crippen LogP contribution in [0.25, 0.3) is 0 Å². The van der Waals surface area contributed by atoms with Gasteiger partial charge in [0.2, 0.25) is 0 Å². The number of benzene rings is 1. The van der Waals surface area contributed by atoms with Crippen molar-refractivity contribution in [1.82, 2.24) is 25.4 Å². The quantitative estimate of drug-likeness (QED) is 0.551. The average molecular weight is 390 g/mol. The van der Waals surface area contributed by atoms with Gasteiger partial charge in [-0.25, -0.2) is 14.1 Å². The molecule has 0 radical (unpaired) electrons. The van der Waals surface area contributed by atoms with Gasteiger partial charge < -0.3 is 20.1 Å². The van der Waals surface area contributed by atoms with Crippen molar-refractivity contribution in [1.29, 1.82) is 0 Å². The van der Waals surface area contributed by atoms with Crippen LogP contribution in [-0.2, 0) is 24.3 Å². The summed E-state index contributed by atoms with van der Waals surface area (Å²) < 4.78 is 26.4. The summed E-state index contributed by atoms with van der Waals surface area (Å²) in [5, 5.41) is 11.1. The molecule has 2 aromatic rings. The zero-order valence-electron chi connectivity index (χ0n) is 16.5. The van der Waals surface area contributed by atoms with Crippen LogP contribution in [0.2, 0.25) is 0 Å². The zero-order chi connectivity index (χ0) is 19.9. The molecule has 28 heavy (non-hydrogen) atoms. The average Bonchev–Trinajstić information content (AvgIpc) is 3.09. The topological polar surface area (TPSA) is 85.6 Å². The fraction of sp³-hybridized carbons (Fsp3) is 0.526. The number of ether oxygens (including phenoxy) is 2. The van der Waals surface area contributed by atoms with E-state index in [1.807, 2.05) is 11.6 Å². The molecule has 0 bridgehead atoms. The third kappa shape index (κ3) is 5.19. The first-order chi connectivity index (χ1) is 13.6. The van der Waals surface area contributed by atoms with Crippen LogP contribution in [0.15, 0.2) is 29.3 Å². The second-order valence-electron chi connectivity index (χ2n) is 6.75. The van der Waals surface area contributed by atoms with Gasteiger partial charge in [0.1, 0.15) is 18.5 Å². The van der Waals surface area contributed by atoms with E-state index in [-0.39, 0.29) is 23.7 Å². The van der Waals surface area contributed by atoms with Crippen LogP contribution >= 0.6 is 0 Å². The Bertz CT molecular complexity index is 809. The van der Waals surface area contributed by atoms with Crippen LogP contribution in [0.5, 0.6) is 5.75 Å². The third-order valence-corrected chi connectivity index (χ3v) is 4.46. The Morgan fingerprint density at radius 1 is 1.43 bits per heavy atom. The number of aliphatic imine (C=N–C) groups is 1. The minimum Gasteiger partial charge on any atom is -0.486 e. The summed E-state index contributed by atoms with van der Waals surface area (Å²) in [4.78, 5) is 8.76. The summed E-state index contributed by atoms with van der Waals surface area (Å²) in [7, 11) is 3.36. The van der Waals surface area contributed by atoms with Crippen LogP contribution < -0.4 is 15.4 Å². The van der Waals surface area contributed by atoms with Gasteiger partial charge in [0.25, 0.3) is 0 Å². The first-order valence-corrected chi connectivity index (χ1v) is 9.39. The molecule has 0 amide bonds. The molecule has 0 aliphatic carbocycles. The molecule has 0 spiro atoms. The van der Waals surface area contributed by atoms with Crippen LogP contribution in [-0.4, -0.2) is 53.6 Å². The SMILES string of the molecule is CN=C(NCC(C)Oc1ccccc1F)NC1CCc2nc(COC)nn2C1. The van der Waals surface area contributed by atoms with Crippen molar-refractivity contribution in [3.63, 3.8) is 0 Å². The highest BCUT2D eigenvalue weighted by molar-refractivity contribution is 5.80. The predicted molar refractivity (Wildman–Crippen MR) is 104 cm³/mol. The summed E-state index contributed by atoms with van der Waals surface area (Å²) >= 11 is 0. The maximum Gasteiger partial charge on any atom is 0.191 e. The molecule has 2 unspecified atom stereocenters. The lowest BCUT2D eigenvalue weighted by molar-refractivity contribution is 0.177. The largest absolute Gasteiger partial charge is 0.486 e. The molecule has 152 valence electrons. The minimum absolute atomic E-state index is 0.193. The normalized spacial score (nSPS) is 17.7. The Hall–Kier alpha value is -2.68. The molecule has 0 saturated carbocycles. The molecular formula is C19H27FN6O2. The summed E-state index contributed by atoms with van der Waals surface area (Å²) in [6.07, 6.45) is 1.56.